The summed E-state index contributed by atoms with van der Waals surface area (Å²) in [6.45, 7) is 7.16. The molecule has 30 heavy (non-hydrogen) atoms. The molecule has 1 aromatic carbocycles. The maximum atomic E-state index is 13.0. The molecule has 0 bridgehead atoms. The first-order valence-corrected chi connectivity index (χ1v) is 11.6. The van der Waals surface area contributed by atoms with Crippen LogP contribution in [-0.2, 0) is 22.5 Å². The molecule has 0 aliphatic carbocycles. The van der Waals surface area contributed by atoms with Crippen molar-refractivity contribution in [2.75, 3.05) is 31.6 Å². The molecule has 1 fully saturated rings. The molecule has 1 aromatic heterocycles. The summed E-state index contributed by atoms with van der Waals surface area (Å²) in [6, 6.07) is 8.04. The molecule has 1 N–H and O–H groups in total. The molecular formula is C23H30N2O4S. The summed E-state index contributed by atoms with van der Waals surface area (Å²) in [5, 5.41) is 5.12. The molecule has 162 valence electrons. The monoisotopic (exact) mass is 430 g/mol. The minimum absolute atomic E-state index is 0.0588. The normalized spacial score (nSPS) is 20.2. The molecular weight excluding hydrogens is 400 g/mol. The maximum absolute atomic E-state index is 13.0. The predicted molar refractivity (Wildman–Crippen MR) is 119 cm³/mol. The van der Waals surface area contributed by atoms with Gasteiger partial charge in [-0.2, -0.15) is 0 Å². The Labute approximate surface area is 182 Å². The van der Waals surface area contributed by atoms with E-state index < -0.39 is 0 Å². The standard InChI is InChI=1S/C23H30N2O4S/c1-3-27-22-11-17-10-16(2)29-21(17)12-20(22)24-23(26)15-25(13-18-6-4-8-28-18)14-19-7-5-9-30-19/h5,7,9,11-12,16,18H,3-4,6,8,10,13-15H2,1-2H3,(H,24,26). The summed E-state index contributed by atoms with van der Waals surface area (Å²) >= 11 is 1.71. The van der Waals surface area contributed by atoms with Gasteiger partial charge in [-0.05, 0) is 44.2 Å². The number of nitrogens with one attached hydrogen (secondary N) is 1. The van der Waals surface area contributed by atoms with Gasteiger partial charge in [0.15, 0.2) is 0 Å². The maximum Gasteiger partial charge on any atom is 0.238 e. The van der Waals surface area contributed by atoms with Gasteiger partial charge in [-0.25, -0.2) is 0 Å². The van der Waals surface area contributed by atoms with Crippen molar-refractivity contribution in [3.05, 3.63) is 40.1 Å². The van der Waals surface area contributed by atoms with Gasteiger partial charge in [0.05, 0.1) is 24.9 Å². The van der Waals surface area contributed by atoms with Gasteiger partial charge in [-0.1, -0.05) is 6.07 Å². The lowest BCUT2D eigenvalue weighted by molar-refractivity contribution is -0.117. The highest BCUT2D eigenvalue weighted by molar-refractivity contribution is 7.09. The SMILES string of the molecule is CCOc1cc2c(cc1NC(=O)CN(Cc1cccs1)CC1CCCO1)OC(C)C2. The Kier molecular flexibility index (Phi) is 6.92. The third-order valence-corrected chi connectivity index (χ3v) is 6.25. The van der Waals surface area contributed by atoms with E-state index in [1.54, 1.807) is 11.3 Å². The second kappa shape index (κ2) is 9.81. The number of hydrogen-bond donors (Lipinski definition) is 1. The van der Waals surface area contributed by atoms with Crippen LogP contribution >= 0.6 is 11.3 Å². The number of benzene rings is 1. The lowest BCUT2D eigenvalue weighted by Crippen LogP contribution is -2.37. The second-order valence-electron chi connectivity index (χ2n) is 7.95. The summed E-state index contributed by atoms with van der Waals surface area (Å²) in [5.74, 6) is 1.47. The van der Waals surface area contributed by atoms with Gasteiger partial charge < -0.3 is 19.5 Å². The molecule has 2 unspecified atom stereocenters. The van der Waals surface area contributed by atoms with Crippen molar-refractivity contribution in [1.29, 1.82) is 0 Å². The Morgan fingerprint density at radius 2 is 2.30 bits per heavy atom. The zero-order valence-electron chi connectivity index (χ0n) is 17.7. The van der Waals surface area contributed by atoms with Crippen LogP contribution in [0.2, 0.25) is 0 Å². The Morgan fingerprint density at radius 1 is 1.40 bits per heavy atom. The molecule has 2 aliphatic rings. The third kappa shape index (κ3) is 5.33. The molecule has 0 spiro atoms. The van der Waals surface area contributed by atoms with E-state index in [0.29, 0.717) is 24.6 Å². The number of thiophene rings is 1. The van der Waals surface area contributed by atoms with Crippen molar-refractivity contribution in [2.45, 2.75) is 51.9 Å². The summed E-state index contributed by atoms with van der Waals surface area (Å²) in [6.07, 6.45) is 3.35. The van der Waals surface area contributed by atoms with Crippen molar-refractivity contribution in [1.82, 2.24) is 4.90 Å². The number of amides is 1. The minimum Gasteiger partial charge on any atom is -0.492 e. The fraction of sp³-hybridized carbons (Fsp3) is 0.522. The van der Waals surface area contributed by atoms with E-state index in [0.717, 1.165) is 50.3 Å². The Hall–Kier alpha value is -2.09. The van der Waals surface area contributed by atoms with Gasteiger partial charge >= 0.3 is 0 Å². The quantitative estimate of drug-likeness (QED) is 0.649. The number of ether oxygens (including phenoxy) is 3. The molecule has 1 saturated heterocycles. The number of fused-ring (bicyclic) bond motifs is 1. The fourth-order valence-corrected chi connectivity index (χ4v) is 4.84. The molecule has 3 heterocycles. The highest BCUT2D eigenvalue weighted by atomic mass is 32.1. The Morgan fingerprint density at radius 3 is 3.03 bits per heavy atom. The van der Waals surface area contributed by atoms with E-state index in [2.05, 4.69) is 21.7 Å². The average Bonchev–Trinajstić information content (AvgIpc) is 3.44. The van der Waals surface area contributed by atoms with E-state index in [1.807, 2.05) is 32.0 Å². The van der Waals surface area contributed by atoms with Crippen LogP contribution in [0.15, 0.2) is 29.6 Å². The van der Waals surface area contributed by atoms with Crippen LogP contribution in [-0.4, -0.2) is 49.3 Å². The van der Waals surface area contributed by atoms with E-state index in [9.17, 15) is 4.79 Å². The molecule has 7 heteroatoms. The average molecular weight is 431 g/mol. The first-order valence-electron chi connectivity index (χ1n) is 10.7. The lowest BCUT2D eigenvalue weighted by Gasteiger charge is -2.24. The molecule has 2 aromatic rings. The zero-order valence-corrected chi connectivity index (χ0v) is 18.5. The van der Waals surface area contributed by atoms with E-state index in [-0.39, 0.29) is 18.1 Å². The molecule has 4 rings (SSSR count). The smallest absolute Gasteiger partial charge is 0.238 e. The largest absolute Gasteiger partial charge is 0.492 e. The number of hydrogen-bond acceptors (Lipinski definition) is 6. The van der Waals surface area contributed by atoms with Crippen LogP contribution in [0, 0.1) is 0 Å². The van der Waals surface area contributed by atoms with Crippen molar-refractivity contribution in [2.24, 2.45) is 0 Å². The number of anilines is 1. The number of carbonyl (C=O) groups is 1. The van der Waals surface area contributed by atoms with E-state index in [1.165, 1.54) is 4.88 Å². The molecule has 2 aliphatic heterocycles. The summed E-state index contributed by atoms with van der Waals surface area (Å²) in [4.78, 5) is 16.4. The Balaban J connectivity index is 1.45. The lowest BCUT2D eigenvalue weighted by atomic mass is 10.1. The molecule has 1 amide bonds. The van der Waals surface area contributed by atoms with Crippen LogP contribution < -0.4 is 14.8 Å². The number of nitrogens with zero attached hydrogens (tertiary/aromatic N) is 1. The summed E-state index contributed by atoms with van der Waals surface area (Å²) < 4.78 is 17.5. The van der Waals surface area contributed by atoms with Crippen LogP contribution in [0.5, 0.6) is 11.5 Å². The summed E-state index contributed by atoms with van der Waals surface area (Å²) in [7, 11) is 0. The van der Waals surface area contributed by atoms with Crippen molar-refractivity contribution in [3.63, 3.8) is 0 Å². The van der Waals surface area contributed by atoms with Gasteiger partial charge in [-0.15, -0.1) is 11.3 Å². The highest BCUT2D eigenvalue weighted by Gasteiger charge is 2.24. The van der Waals surface area contributed by atoms with Crippen LogP contribution in [0.3, 0.4) is 0 Å². The van der Waals surface area contributed by atoms with Gasteiger partial charge in [0.1, 0.15) is 17.6 Å². The van der Waals surface area contributed by atoms with Gasteiger partial charge in [0, 0.05) is 42.6 Å². The molecule has 2 atom stereocenters. The molecule has 0 saturated carbocycles. The van der Waals surface area contributed by atoms with Crippen molar-refractivity contribution in [3.8, 4) is 11.5 Å². The predicted octanol–water partition coefficient (Wildman–Crippen LogP) is 4.09. The first-order chi connectivity index (χ1) is 14.6. The minimum atomic E-state index is -0.0588. The zero-order chi connectivity index (χ0) is 20.9. The highest BCUT2D eigenvalue weighted by Crippen LogP contribution is 2.38. The van der Waals surface area contributed by atoms with Crippen molar-refractivity contribution >= 4 is 22.9 Å². The van der Waals surface area contributed by atoms with E-state index in [4.69, 9.17) is 14.2 Å². The first kappa shape index (κ1) is 21.2. The molecule has 6 nitrogen and oxygen atoms in total. The van der Waals surface area contributed by atoms with Crippen molar-refractivity contribution < 1.29 is 19.0 Å². The molecule has 0 radical (unpaired) electrons. The summed E-state index contributed by atoms with van der Waals surface area (Å²) in [5.41, 5.74) is 1.80. The van der Waals surface area contributed by atoms with Gasteiger partial charge in [0.25, 0.3) is 0 Å². The number of rotatable bonds is 9. The number of carbonyl (C=O) groups excluding carboxylic acids is 1. The topological polar surface area (TPSA) is 60.0 Å². The second-order valence-corrected chi connectivity index (χ2v) is 8.99. The third-order valence-electron chi connectivity index (χ3n) is 5.38. The fourth-order valence-electron chi connectivity index (χ4n) is 4.09. The van der Waals surface area contributed by atoms with Crippen LogP contribution in [0.1, 0.15) is 37.1 Å². The van der Waals surface area contributed by atoms with Gasteiger partial charge in [0.2, 0.25) is 5.91 Å². The van der Waals surface area contributed by atoms with Crippen LogP contribution in [0.25, 0.3) is 0 Å². The Bertz CT molecular complexity index is 849. The van der Waals surface area contributed by atoms with E-state index >= 15 is 0 Å². The van der Waals surface area contributed by atoms with Gasteiger partial charge in [-0.3, -0.25) is 9.69 Å². The van der Waals surface area contributed by atoms with Crippen LogP contribution in [0.4, 0.5) is 5.69 Å².